The second-order valence-electron chi connectivity index (χ2n) is 6.13. The van der Waals surface area contributed by atoms with Crippen LogP contribution < -0.4 is 5.32 Å². The standard InChI is InChI=1S/C18H24N2O3/c1-12(2)16(21)10-17(22)19-9-8-15-11-23-18(20-15)14-6-4-13(3)5-7-14/h4-7,11-12,16,21H,8-10H2,1-3H3,(H,19,22). The molecule has 5 nitrogen and oxygen atoms in total. The molecule has 0 bridgehead atoms. The highest BCUT2D eigenvalue weighted by molar-refractivity contribution is 5.76. The summed E-state index contributed by atoms with van der Waals surface area (Å²) in [5, 5.41) is 12.5. The van der Waals surface area contributed by atoms with Gasteiger partial charge in [-0.25, -0.2) is 4.98 Å². The van der Waals surface area contributed by atoms with Crippen molar-refractivity contribution in [3.05, 3.63) is 41.8 Å². The first-order valence-corrected chi connectivity index (χ1v) is 7.92. The summed E-state index contributed by atoms with van der Waals surface area (Å²) < 4.78 is 5.48. The van der Waals surface area contributed by atoms with E-state index in [4.69, 9.17) is 4.42 Å². The molecule has 0 radical (unpaired) electrons. The molecule has 0 fully saturated rings. The maximum absolute atomic E-state index is 11.7. The summed E-state index contributed by atoms with van der Waals surface area (Å²) in [6.07, 6.45) is 1.74. The zero-order chi connectivity index (χ0) is 16.8. The Morgan fingerprint density at radius 2 is 2.00 bits per heavy atom. The molecule has 1 atom stereocenters. The molecule has 0 spiro atoms. The number of hydrogen-bond acceptors (Lipinski definition) is 4. The molecular formula is C18H24N2O3. The van der Waals surface area contributed by atoms with Crippen LogP contribution in [0.4, 0.5) is 0 Å². The lowest BCUT2D eigenvalue weighted by atomic mass is 10.0. The molecule has 0 aliphatic carbocycles. The predicted octanol–water partition coefficient (Wildman–Crippen LogP) is 2.72. The van der Waals surface area contributed by atoms with Crippen LogP contribution in [-0.2, 0) is 11.2 Å². The van der Waals surface area contributed by atoms with Gasteiger partial charge in [0.2, 0.25) is 11.8 Å². The topological polar surface area (TPSA) is 75.4 Å². The third-order valence-electron chi connectivity index (χ3n) is 3.72. The van der Waals surface area contributed by atoms with Gasteiger partial charge in [0.25, 0.3) is 0 Å². The number of rotatable bonds is 7. The molecule has 0 aliphatic heterocycles. The summed E-state index contributed by atoms with van der Waals surface area (Å²) in [7, 11) is 0. The quantitative estimate of drug-likeness (QED) is 0.823. The van der Waals surface area contributed by atoms with Crippen LogP contribution in [0.2, 0.25) is 0 Å². The smallest absolute Gasteiger partial charge is 0.226 e. The van der Waals surface area contributed by atoms with Gasteiger partial charge < -0.3 is 14.8 Å². The van der Waals surface area contributed by atoms with Gasteiger partial charge in [0.15, 0.2) is 0 Å². The van der Waals surface area contributed by atoms with E-state index in [1.54, 1.807) is 6.26 Å². The van der Waals surface area contributed by atoms with Crippen LogP contribution in [0, 0.1) is 12.8 Å². The number of aryl methyl sites for hydroxylation is 1. The van der Waals surface area contributed by atoms with Gasteiger partial charge in [-0.2, -0.15) is 0 Å². The Hall–Kier alpha value is -2.14. The molecule has 2 rings (SSSR count). The Kier molecular flexibility index (Phi) is 5.93. The van der Waals surface area contributed by atoms with E-state index in [-0.39, 0.29) is 18.2 Å². The van der Waals surface area contributed by atoms with E-state index in [9.17, 15) is 9.90 Å². The molecule has 1 aromatic carbocycles. The molecule has 5 heteroatoms. The van der Waals surface area contributed by atoms with E-state index in [2.05, 4.69) is 10.3 Å². The van der Waals surface area contributed by atoms with Crippen molar-refractivity contribution in [3.8, 4) is 11.5 Å². The van der Waals surface area contributed by atoms with E-state index in [1.165, 1.54) is 5.56 Å². The van der Waals surface area contributed by atoms with Crippen LogP contribution in [0.5, 0.6) is 0 Å². The summed E-state index contributed by atoms with van der Waals surface area (Å²) in [4.78, 5) is 16.1. The molecule has 0 saturated carbocycles. The van der Waals surface area contributed by atoms with Crippen molar-refractivity contribution in [2.24, 2.45) is 5.92 Å². The summed E-state index contributed by atoms with van der Waals surface area (Å²) in [6, 6.07) is 7.97. The number of hydrogen-bond donors (Lipinski definition) is 2. The Morgan fingerprint density at radius 1 is 1.30 bits per heavy atom. The van der Waals surface area contributed by atoms with Crippen molar-refractivity contribution in [2.45, 2.75) is 39.7 Å². The van der Waals surface area contributed by atoms with Gasteiger partial charge >= 0.3 is 0 Å². The van der Waals surface area contributed by atoms with Crippen molar-refractivity contribution in [3.63, 3.8) is 0 Å². The zero-order valence-corrected chi connectivity index (χ0v) is 13.9. The number of carbonyl (C=O) groups excluding carboxylic acids is 1. The molecule has 124 valence electrons. The molecular weight excluding hydrogens is 292 g/mol. The molecule has 1 aromatic heterocycles. The third-order valence-corrected chi connectivity index (χ3v) is 3.72. The fourth-order valence-electron chi connectivity index (χ4n) is 2.08. The number of nitrogens with zero attached hydrogens (tertiary/aromatic N) is 1. The highest BCUT2D eigenvalue weighted by Crippen LogP contribution is 2.19. The lowest BCUT2D eigenvalue weighted by Gasteiger charge is -2.13. The van der Waals surface area contributed by atoms with Gasteiger partial charge in [0.1, 0.15) is 6.26 Å². The average Bonchev–Trinajstić information content (AvgIpc) is 2.96. The second-order valence-corrected chi connectivity index (χ2v) is 6.13. The Balaban J connectivity index is 1.81. The lowest BCUT2D eigenvalue weighted by Crippen LogP contribution is -2.30. The highest BCUT2D eigenvalue weighted by atomic mass is 16.3. The van der Waals surface area contributed by atoms with Crippen LogP contribution >= 0.6 is 0 Å². The highest BCUT2D eigenvalue weighted by Gasteiger charge is 2.14. The van der Waals surface area contributed by atoms with Crippen LogP contribution in [0.3, 0.4) is 0 Å². The molecule has 2 N–H and O–H groups in total. The first-order valence-electron chi connectivity index (χ1n) is 7.92. The molecule has 1 heterocycles. The third kappa shape index (κ3) is 5.21. The van der Waals surface area contributed by atoms with Crippen molar-refractivity contribution in [1.82, 2.24) is 10.3 Å². The van der Waals surface area contributed by atoms with E-state index in [1.807, 2.05) is 45.0 Å². The number of oxazole rings is 1. The van der Waals surface area contributed by atoms with E-state index in [0.29, 0.717) is 18.9 Å². The second kappa shape index (κ2) is 7.92. The van der Waals surface area contributed by atoms with Crippen molar-refractivity contribution in [1.29, 1.82) is 0 Å². The van der Waals surface area contributed by atoms with Crippen molar-refractivity contribution < 1.29 is 14.3 Å². The molecule has 1 amide bonds. The number of aliphatic hydroxyl groups excluding tert-OH is 1. The minimum Gasteiger partial charge on any atom is -0.444 e. The van der Waals surface area contributed by atoms with Gasteiger partial charge in [-0.3, -0.25) is 4.79 Å². The fourth-order valence-corrected chi connectivity index (χ4v) is 2.08. The molecule has 1 unspecified atom stereocenters. The Bertz CT molecular complexity index is 632. The van der Waals surface area contributed by atoms with E-state index < -0.39 is 6.10 Å². The van der Waals surface area contributed by atoms with Gasteiger partial charge in [-0.05, 0) is 25.0 Å². The summed E-state index contributed by atoms with van der Waals surface area (Å²) >= 11 is 0. The number of carbonyl (C=O) groups is 1. The fraction of sp³-hybridized carbons (Fsp3) is 0.444. The molecule has 23 heavy (non-hydrogen) atoms. The molecule has 0 aliphatic rings. The van der Waals surface area contributed by atoms with E-state index >= 15 is 0 Å². The lowest BCUT2D eigenvalue weighted by molar-refractivity contribution is -0.123. The number of aromatic nitrogens is 1. The monoisotopic (exact) mass is 316 g/mol. The van der Waals surface area contributed by atoms with Crippen LogP contribution in [-0.4, -0.2) is 28.6 Å². The van der Waals surface area contributed by atoms with Crippen molar-refractivity contribution >= 4 is 5.91 Å². The van der Waals surface area contributed by atoms with Crippen LogP contribution in [0.1, 0.15) is 31.5 Å². The van der Waals surface area contributed by atoms with E-state index in [0.717, 1.165) is 11.3 Å². The van der Waals surface area contributed by atoms with Gasteiger partial charge in [-0.15, -0.1) is 0 Å². The minimum absolute atomic E-state index is 0.0772. The number of amides is 1. The first-order chi connectivity index (χ1) is 11.0. The van der Waals surface area contributed by atoms with Gasteiger partial charge in [0, 0.05) is 18.5 Å². The minimum atomic E-state index is -0.602. The first kappa shape index (κ1) is 17.2. The molecule has 2 aromatic rings. The average molecular weight is 316 g/mol. The van der Waals surface area contributed by atoms with Gasteiger partial charge in [0.05, 0.1) is 18.2 Å². The normalized spacial score (nSPS) is 12.4. The maximum Gasteiger partial charge on any atom is 0.226 e. The van der Waals surface area contributed by atoms with Crippen molar-refractivity contribution in [2.75, 3.05) is 6.54 Å². The summed E-state index contributed by atoms with van der Waals surface area (Å²) in [5.41, 5.74) is 2.92. The van der Waals surface area contributed by atoms with Crippen LogP contribution in [0.25, 0.3) is 11.5 Å². The van der Waals surface area contributed by atoms with Gasteiger partial charge in [-0.1, -0.05) is 31.5 Å². The molecule has 0 saturated heterocycles. The SMILES string of the molecule is Cc1ccc(-c2nc(CCNC(=O)CC(O)C(C)C)co2)cc1. The van der Waals surface area contributed by atoms with Crippen LogP contribution in [0.15, 0.2) is 34.9 Å². The summed E-state index contributed by atoms with van der Waals surface area (Å²) in [5.74, 6) is 0.517. The Labute approximate surface area is 136 Å². The number of nitrogens with one attached hydrogen (secondary N) is 1. The maximum atomic E-state index is 11.7. The largest absolute Gasteiger partial charge is 0.444 e. The predicted molar refractivity (Wildman–Crippen MR) is 88.9 cm³/mol. The number of aliphatic hydroxyl groups is 1. The summed E-state index contributed by atoms with van der Waals surface area (Å²) in [6.45, 7) is 6.28. The number of benzene rings is 1. The zero-order valence-electron chi connectivity index (χ0n) is 13.9. The Morgan fingerprint density at radius 3 is 2.65 bits per heavy atom.